The van der Waals surface area contributed by atoms with Crippen LogP contribution in [-0.4, -0.2) is 23.6 Å². The van der Waals surface area contributed by atoms with Gasteiger partial charge in [-0.15, -0.1) is 0 Å². The van der Waals surface area contributed by atoms with Gasteiger partial charge in [0.15, 0.2) is 17.3 Å². The molecule has 0 bridgehead atoms. The minimum absolute atomic E-state index is 0.0259. The molecule has 1 aliphatic carbocycles. The second-order valence-electron chi connectivity index (χ2n) is 7.44. The van der Waals surface area contributed by atoms with E-state index < -0.39 is 5.56 Å². The first-order valence-electron chi connectivity index (χ1n) is 9.83. The number of aromatic nitrogens is 1. The molecule has 3 aromatic rings. The normalized spacial score (nSPS) is 17.2. The van der Waals surface area contributed by atoms with Crippen molar-refractivity contribution in [2.24, 2.45) is 0 Å². The minimum atomic E-state index is -0.436. The molecule has 0 saturated carbocycles. The summed E-state index contributed by atoms with van der Waals surface area (Å²) in [6.45, 7) is 0.898. The van der Waals surface area contributed by atoms with E-state index >= 15 is 0 Å². The van der Waals surface area contributed by atoms with Crippen molar-refractivity contribution >= 4 is 5.78 Å². The highest BCUT2D eigenvalue weighted by molar-refractivity contribution is 5.99. The lowest BCUT2D eigenvalue weighted by atomic mass is 9.81. The molecule has 6 heteroatoms. The van der Waals surface area contributed by atoms with Crippen LogP contribution in [0.2, 0.25) is 0 Å². The van der Waals surface area contributed by atoms with Gasteiger partial charge in [-0.05, 0) is 36.1 Å². The maximum Gasteiger partial charge on any atom is 0.273 e. The zero-order valence-electron chi connectivity index (χ0n) is 16.1. The predicted octanol–water partition coefficient (Wildman–Crippen LogP) is 3.39. The molecule has 1 atom stereocenters. The van der Waals surface area contributed by atoms with Gasteiger partial charge in [-0.25, -0.2) is 0 Å². The van der Waals surface area contributed by atoms with Crippen molar-refractivity contribution in [3.8, 4) is 23.3 Å². The van der Waals surface area contributed by atoms with E-state index in [4.69, 9.17) is 9.47 Å². The fourth-order valence-electron chi connectivity index (χ4n) is 4.22. The molecule has 0 N–H and O–H groups in total. The molecule has 5 rings (SSSR count). The molecule has 1 aromatic heterocycles. The van der Waals surface area contributed by atoms with Crippen LogP contribution in [0, 0.1) is 11.3 Å². The molecule has 0 saturated heterocycles. The Hall–Kier alpha value is -3.85. The molecule has 30 heavy (non-hydrogen) atoms. The summed E-state index contributed by atoms with van der Waals surface area (Å²) < 4.78 is 12.7. The highest BCUT2D eigenvalue weighted by atomic mass is 16.6. The number of hydrogen-bond donors (Lipinski definition) is 0. The molecule has 148 valence electrons. The topological polar surface area (TPSA) is 81.3 Å². The maximum absolute atomic E-state index is 13.1. The quantitative estimate of drug-likeness (QED) is 0.661. The van der Waals surface area contributed by atoms with Gasteiger partial charge in [0, 0.05) is 23.7 Å². The second-order valence-corrected chi connectivity index (χ2v) is 7.44. The Morgan fingerprint density at radius 2 is 1.70 bits per heavy atom. The Kier molecular flexibility index (Phi) is 4.36. The summed E-state index contributed by atoms with van der Waals surface area (Å²) in [6.07, 6.45) is 0.877. The Bertz CT molecular complexity index is 1250. The van der Waals surface area contributed by atoms with Crippen LogP contribution >= 0.6 is 0 Å². The van der Waals surface area contributed by atoms with E-state index in [9.17, 15) is 14.9 Å². The third-order valence-electron chi connectivity index (χ3n) is 5.65. The first-order valence-corrected chi connectivity index (χ1v) is 9.83. The average Bonchev–Trinajstić information content (AvgIpc) is 2.79. The number of ether oxygens (including phenoxy) is 2. The molecule has 0 amide bonds. The van der Waals surface area contributed by atoms with E-state index in [0.717, 1.165) is 5.56 Å². The standard InChI is InChI=1S/C24H18N2O4/c25-14-17-10-19-20(11-16(12-21(19)27)15-4-2-1-3-5-15)26(24(17)28)18-6-7-22-23(13-18)30-9-8-29-22/h1-7,10,13,16H,8-9,11-12H2/t16-/m0/s1. The van der Waals surface area contributed by atoms with E-state index in [0.29, 0.717) is 54.5 Å². The molecule has 2 aliphatic rings. The maximum atomic E-state index is 13.1. The molecule has 0 radical (unpaired) electrons. The molecule has 0 fully saturated rings. The van der Waals surface area contributed by atoms with Crippen molar-refractivity contribution in [2.45, 2.75) is 18.8 Å². The first-order chi connectivity index (χ1) is 14.7. The van der Waals surface area contributed by atoms with Gasteiger partial charge in [-0.3, -0.25) is 14.2 Å². The summed E-state index contributed by atoms with van der Waals surface area (Å²) in [5, 5.41) is 9.48. The van der Waals surface area contributed by atoms with Crippen molar-refractivity contribution in [1.29, 1.82) is 5.26 Å². The molecule has 0 unspecified atom stereocenters. The highest BCUT2D eigenvalue weighted by Gasteiger charge is 2.30. The highest BCUT2D eigenvalue weighted by Crippen LogP contribution is 2.36. The van der Waals surface area contributed by atoms with Gasteiger partial charge in [0.2, 0.25) is 0 Å². The summed E-state index contributed by atoms with van der Waals surface area (Å²) in [7, 11) is 0. The number of rotatable bonds is 2. The Morgan fingerprint density at radius 3 is 2.47 bits per heavy atom. The SMILES string of the molecule is N#Cc1cc2c(n(-c3ccc4c(c3)OCCO4)c1=O)C[C@H](c1ccccc1)CC2=O. The molecule has 2 heterocycles. The lowest BCUT2D eigenvalue weighted by molar-refractivity contribution is 0.0962. The van der Waals surface area contributed by atoms with Crippen LogP contribution < -0.4 is 15.0 Å². The van der Waals surface area contributed by atoms with Crippen molar-refractivity contribution in [3.63, 3.8) is 0 Å². The summed E-state index contributed by atoms with van der Waals surface area (Å²) in [5.41, 5.74) is 2.19. The summed E-state index contributed by atoms with van der Waals surface area (Å²) in [5.74, 6) is 1.07. The molecule has 1 aliphatic heterocycles. The minimum Gasteiger partial charge on any atom is -0.486 e. The van der Waals surface area contributed by atoms with Crippen LogP contribution in [0.1, 0.15) is 39.5 Å². The van der Waals surface area contributed by atoms with Crippen LogP contribution in [0.4, 0.5) is 0 Å². The number of Topliss-reactive ketones (excluding diaryl/α,β-unsaturated/α-hetero) is 1. The van der Waals surface area contributed by atoms with Crippen LogP contribution in [-0.2, 0) is 6.42 Å². The van der Waals surface area contributed by atoms with Crippen LogP contribution in [0.5, 0.6) is 11.5 Å². The predicted molar refractivity (Wildman–Crippen MR) is 110 cm³/mol. The molecular weight excluding hydrogens is 380 g/mol. The van der Waals surface area contributed by atoms with Gasteiger partial charge in [-0.1, -0.05) is 30.3 Å². The van der Waals surface area contributed by atoms with Gasteiger partial charge in [0.1, 0.15) is 24.8 Å². The van der Waals surface area contributed by atoms with Crippen LogP contribution in [0.15, 0.2) is 59.4 Å². The van der Waals surface area contributed by atoms with E-state index in [1.807, 2.05) is 36.4 Å². The summed E-state index contributed by atoms with van der Waals surface area (Å²) in [6, 6.07) is 18.4. The van der Waals surface area contributed by atoms with E-state index in [1.165, 1.54) is 10.6 Å². The number of fused-ring (bicyclic) bond motifs is 2. The van der Waals surface area contributed by atoms with E-state index in [1.54, 1.807) is 18.2 Å². The number of carbonyl (C=O) groups excluding carboxylic acids is 1. The molecule has 6 nitrogen and oxygen atoms in total. The van der Waals surface area contributed by atoms with E-state index in [-0.39, 0.29) is 17.3 Å². The van der Waals surface area contributed by atoms with E-state index in [2.05, 4.69) is 0 Å². The molecule has 2 aromatic carbocycles. The number of nitrogens with zero attached hydrogens (tertiary/aromatic N) is 2. The fourth-order valence-corrected chi connectivity index (χ4v) is 4.22. The van der Waals surface area contributed by atoms with Gasteiger partial charge < -0.3 is 9.47 Å². The largest absolute Gasteiger partial charge is 0.486 e. The Labute approximate surface area is 172 Å². The lowest BCUT2D eigenvalue weighted by Gasteiger charge is -2.27. The number of nitriles is 1. The van der Waals surface area contributed by atoms with Crippen molar-refractivity contribution in [1.82, 2.24) is 4.57 Å². The average molecular weight is 398 g/mol. The van der Waals surface area contributed by atoms with Crippen LogP contribution in [0.3, 0.4) is 0 Å². The number of pyridine rings is 1. The number of benzene rings is 2. The van der Waals surface area contributed by atoms with Crippen molar-refractivity contribution < 1.29 is 14.3 Å². The smallest absolute Gasteiger partial charge is 0.273 e. The monoisotopic (exact) mass is 398 g/mol. The molecular formula is C24H18N2O4. The van der Waals surface area contributed by atoms with Crippen molar-refractivity contribution in [2.75, 3.05) is 13.2 Å². The zero-order valence-corrected chi connectivity index (χ0v) is 16.1. The second kappa shape index (κ2) is 7.20. The fraction of sp³-hybridized carbons (Fsp3) is 0.208. The Morgan fingerprint density at radius 1 is 0.933 bits per heavy atom. The number of ketones is 1. The van der Waals surface area contributed by atoms with Gasteiger partial charge in [-0.2, -0.15) is 5.26 Å². The summed E-state index contributed by atoms with van der Waals surface area (Å²) >= 11 is 0. The number of carbonyl (C=O) groups is 1. The summed E-state index contributed by atoms with van der Waals surface area (Å²) in [4.78, 5) is 26.1. The Balaban J connectivity index is 1.70. The number of hydrogen-bond acceptors (Lipinski definition) is 5. The first kappa shape index (κ1) is 18.2. The van der Waals surface area contributed by atoms with Gasteiger partial charge in [0.25, 0.3) is 5.56 Å². The van der Waals surface area contributed by atoms with Gasteiger partial charge in [0.05, 0.1) is 5.69 Å². The lowest BCUT2D eigenvalue weighted by Crippen LogP contribution is -2.31. The zero-order chi connectivity index (χ0) is 20.7. The van der Waals surface area contributed by atoms with Crippen molar-refractivity contribution in [3.05, 3.63) is 87.3 Å². The third kappa shape index (κ3) is 2.96. The third-order valence-corrected chi connectivity index (χ3v) is 5.65. The molecule has 0 spiro atoms. The van der Waals surface area contributed by atoms with Crippen LogP contribution in [0.25, 0.3) is 5.69 Å². The van der Waals surface area contributed by atoms with Gasteiger partial charge >= 0.3 is 0 Å².